The molecular weight excluding hydrogens is 297 g/mol. The number of halogens is 1. The number of nitrogens with zero attached hydrogens (tertiary/aromatic N) is 3. The summed E-state index contributed by atoms with van der Waals surface area (Å²) in [6.45, 7) is 2.83. The lowest BCUT2D eigenvalue weighted by Crippen LogP contribution is -2.38. The van der Waals surface area contributed by atoms with Crippen molar-refractivity contribution in [2.24, 2.45) is 0 Å². The van der Waals surface area contributed by atoms with Crippen molar-refractivity contribution in [3.63, 3.8) is 0 Å². The Morgan fingerprint density at radius 2 is 1.78 bits per heavy atom. The van der Waals surface area contributed by atoms with E-state index in [2.05, 4.69) is 27.0 Å². The molecule has 1 fully saturated rings. The molecule has 0 bridgehead atoms. The molecule has 0 unspecified atom stereocenters. The number of aromatic nitrogens is 2. The number of hydrogen-bond acceptors (Lipinski definition) is 5. The minimum absolute atomic E-state index is 0.0904. The van der Waals surface area contributed by atoms with Crippen molar-refractivity contribution < 1.29 is 13.9 Å². The maximum absolute atomic E-state index is 12.8. The Labute approximate surface area is 135 Å². The van der Waals surface area contributed by atoms with E-state index in [1.165, 1.54) is 5.56 Å². The molecule has 0 amide bonds. The fourth-order valence-corrected chi connectivity index (χ4v) is 2.68. The zero-order chi connectivity index (χ0) is 16.1. The van der Waals surface area contributed by atoms with Gasteiger partial charge in [-0.05, 0) is 30.5 Å². The second-order valence-electron chi connectivity index (χ2n) is 5.63. The number of benzene rings is 1. The Kier molecular flexibility index (Phi) is 5.02. The third kappa shape index (κ3) is 4.39. The molecule has 0 radical (unpaired) electrons. The fourth-order valence-electron chi connectivity index (χ4n) is 2.68. The molecule has 1 aromatic carbocycles. The van der Waals surface area contributed by atoms with Gasteiger partial charge in [-0.15, -0.1) is 0 Å². The molecule has 0 N–H and O–H groups in total. The topological polar surface area (TPSA) is 47.5 Å². The lowest BCUT2D eigenvalue weighted by atomic mass is 10.1. The van der Waals surface area contributed by atoms with Gasteiger partial charge >= 0.3 is 6.01 Å². The summed E-state index contributed by atoms with van der Waals surface area (Å²) < 4.78 is 23.7. The van der Waals surface area contributed by atoms with Crippen LogP contribution in [0.15, 0.2) is 36.7 Å². The molecule has 2 aromatic rings. The average Bonchev–Trinajstić information content (AvgIpc) is 2.59. The van der Waals surface area contributed by atoms with E-state index in [-0.39, 0.29) is 12.1 Å². The van der Waals surface area contributed by atoms with Gasteiger partial charge < -0.3 is 9.47 Å². The van der Waals surface area contributed by atoms with Gasteiger partial charge in [-0.2, -0.15) is 0 Å². The van der Waals surface area contributed by atoms with E-state index >= 15 is 0 Å². The SMILES string of the molecule is COc1ccc(CN2CCC(Oc3ncc(F)cn3)CC2)cc1. The van der Waals surface area contributed by atoms with Crippen LogP contribution in [-0.4, -0.2) is 41.2 Å². The minimum atomic E-state index is -0.452. The number of hydrogen-bond donors (Lipinski definition) is 0. The Morgan fingerprint density at radius 3 is 2.39 bits per heavy atom. The molecule has 3 rings (SSSR count). The van der Waals surface area contributed by atoms with Gasteiger partial charge in [0.1, 0.15) is 11.9 Å². The van der Waals surface area contributed by atoms with Gasteiger partial charge in [0.2, 0.25) is 0 Å². The normalized spacial score (nSPS) is 16.3. The highest BCUT2D eigenvalue weighted by molar-refractivity contribution is 5.27. The first kappa shape index (κ1) is 15.7. The molecule has 1 saturated heterocycles. The van der Waals surface area contributed by atoms with E-state index in [1.807, 2.05) is 12.1 Å². The third-order valence-electron chi connectivity index (χ3n) is 3.97. The van der Waals surface area contributed by atoms with Gasteiger partial charge in [-0.25, -0.2) is 14.4 Å². The summed E-state index contributed by atoms with van der Waals surface area (Å²) in [5, 5.41) is 0. The van der Waals surface area contributed by atoms with Crippen LogP contribution < -0.4 is 9.47 Å². The predicted molar refractivity (Wildman–Crippen MR) is 83.9 cm³/mol. The summed E-state index contributed by atoms with van der Waals surface area (Å²) in [6.07, 6.45) is 4.17. The Bertz CT molecular complexity index is 611. The smallest absolute Gasteiger partial charge is 0.316 e. The van der Waals surface area contributed by atoms with Crippen LogP contribution in [0.1, 0.15) is 18.4 Å². The summed E-state index contributed by atoms with van der Waals surface area (Å²) in [6, 6.07) is 8.40. The van der Waals surface area contributed by atoms with Crippen LogP contribution in [0.4, 0.5) is 4.39 Å². The maximum Gasteiger partial charge on any atom is 0.316 e. The Morgan fingerprint density at radius 1 is 1.13 bits per heavy atom. The van der Waals surface area contributed by atoms with Gasteiger partial charge in [0.15, 0.2) is 5.82 Å². The molecule has 1 aromatic heterocycles. The number of ether oxygens (including phenoxy) is 2. The van der Waals surface area contributed by atoms with Crippen LogP contribution in [-0.2, 0) is 6.54 Å². The third-order valence-corrected chi connectivity index (χ3v) is 3.97. The van der Waals surface area contributed by atoms with E-state index in [1.54, 1.807) is 7.11 Å². The number of likely N-dealkylation sites (tertiary alicyclic amines) is 1. The molecule has 2 heterocycles. The van der Waals surface area contributed by atoms with Gasteiger partial charge in [0.05, 0.1) is 19.5 Å². The lowest BCUT2D eigenvalue weighted by molar-refractivity contribution is 0.0890. The molecule has 23 heavy (non-hydrogen) atoms. The van der Waals surface area contributed by atoms with Crippen molar-refractivity contribution in [3.05, 3.63) is 48.0 Å². The molecule has 1 aliphatic rings. The van der Waals surface area contributed by atoms with E-state index < -0.39 is 5.82 Å². The second kappa shape index (κ2) is 7.37. The largest absolute Gasteiger partial charge is 0.497 e. The monoisotopic (exact) mass is 317 g/mol. The Balaban J connectivity index is 1.47. The molecule has 6 heteroatoms. The summed E-state index contributed by atoms with van der Waals surface area (Å²) in [5.41, 5.74) is 1.27. The summed E-state index contributed by atoms with van der Waals surface area (Å²) in [5.74, 6) is 0.423. The number of piperidine rings is 1. The molecule has 0 spiro atoms. The van der Waals surface area contributed by atoms with Crippen molar-refractivity contribution >= 4 is 0 Å². The van der Waals surface area contributed by atoms with Crippen LogP contribution in [0.2, 0.25) is 0 Å². The lowest BCUT2D eigenvalue weighted by Gasteiger charge is -2.31. The number of rotatable bonds is 5. The molecule has 5 nitrogen and oxygen atoms in total. The first-order chi connectivity index (χ1) is 11.2. The Hall–Kier alpha value is -2.21. The van der Waals surface area contributed by atoms with Gasteiger partial charge in [-0.3, -0.25) is 4.90 Å². The van der Waals surface area contributed by atoms with Crippen molar-refractivity contribution in [1.29, 1.82) is 0 Å². The van der Waals surface area contributed by atoms with Crippen LogP contribution in [0, 0.1) is 5.82 Å². The quantitative estimate of drug-likeness (QED) is 0.848. The van der Waals surface area contributed by atoms with Crippen LogP contribution >= 0.6 is 0 Å². The molecule has 122 valence electrons. The number of methoxy groups -OCH3 is 1. The highest BCUT2D eigenvalue weighted by Crippen LogP contribution is 2.19. The molecule has 0 atom stereocenters. The van der Waals surface area contributed by atoms with Crippen molar-refractivity contribution in [2.75, 3.05) is 20.2 Å². The van der Waals surface area contributed by atoms with Gasteiger partial charge in [-0.1, -0.05) is 12.1 Å². The molecular formula is C17H20FN3O2. The highest BCUT2D eigenvalue weighted by Gasteiger charge is 2.21. The molecule has 1 aliphatic heterocycles. The van der Waals surface area contributed by atoms with Crippen molar-refractivity contribution in [2.45, 2.75) is 25.5 Å². The van der Waals surface area contributed by atoms with Gasteiger partial charge in [0.25, 0.3) is 0 Å². The highest BCUT2D eigenvalue weighted by atomic mass is 19.1. The van der Waals surface area contributed by atoms with Crippen LogP contribution in [0.25, 0.3) is 0 Å². The van der Waals surface area contributed by atoms with Crippen LogP contribution in [0.5, 0.6) is 11.8 Å². The predicted octanol–water partition coefficient (Wildman–Crippen LogP) is 2.67. The van der Waals surface area contributed by atoms with E-state index in [0.717, 1.165) is 50.6 Å². The van der Waals surface area contributed by atoms with Crippen LogP contribution in [0.3, 0.4) is 0 Å². The summed E-state index contributed by atoms with van der Waals surface area (Å²) in [4.78, 5) is 10.1. The second-order valence-corrected chi connectivity index (χ2v) is 5.63. The summed E-state index contributed by atoms with van der Waals surface area (Å²) in [7, 11) is 1.67. The first-order valence-corrected chi connectivity index (χ1v) is 7.72. The fraction of sp³-hybridized carbons (Fsp3) is 0.412. The van der Waals surface area contributed by atoms with E-state index in [0.29, 0.717) is 0 Å². The zero-order valence-corrected chi connectivity index (χ0v) is 13.1. The minimum Gasteiger partial charge on any atom is -0.497 e. The molecule has 0 aliphatic carbocycles. The van der Waals surface area contributed by atoms with E-state index in [9.17, 15) is 4.39 Å². The van der Waals surface area contributed by atoms with Crippen molar-refractivity contribution in [3.8, 4) is 11.8 Å². The maximum atomic E-state index is 12.8. The molecule has 0 saturated carbocycles. The average molecular weight is 317 g/mol. The standard InChI is InChI=1S/C17H20FN3O2/c1-22-15-4-2-13(3-5-15)12-21-8-6-16(7-9-21)23-17-19-10-14(18)11-20-17/h2-5,10-11,16H,6-9,12H2,1H3. The summed E-state index contributed by atoms with van der Waals surface area (Å²) >= 11 is 0. The van der Waals surface area contributed by atoms with Gasteiger partial charge in [0, 0.05) is 19.6 Å². The van der Waals surface area contributed by atoms with Crippen molar-refractivity contribution in [1.82, 2.24) is 14.9 Å². The zero-order valence-electron chi connectivity index (χ0n) is 13.1. The first-order valence-electron chi connectivity index (χ1n) is 7.72. The van der Waals surface area contributed by atoms with E-state index in [4.69, 9.17) is 9.47 Å².